The Balaban J connectivity index is 2.32. The molecule has 0 saturated carbocycles. The topological polar surface area (TPSA) is 67.9 Å². The molecule has 0 bridgehead atoms. The normalized spacial score (nSPS) is 9.93. The van der Waals surface area contributed by atoms with E-state index in [1.807, 2.05) is 12.1 Å². The molecular weight excluding hydrogens is 194 g/mol. The van der Waals surface area contributed by atoms with Gasteiger partial charge in [-0.15, -0.1) is 0 Å². The molecule has 2 heterocycles. The molecule has 0 amide bonds. The van der Waals surface area contributed by atoms with Crippen LogP contribution in [0.15, 0.2) is 30.7 Å². The Labute approximate surface area is 86.1 Å². The van der Waals surface area contributed by atoms with Crippen LogP contribution in [0.4, 0.5) is 0 Å². The van der Waals surface area contributed by atoms with Crippen LogP contribution in [0, 0.1) is 0 Å². The van der Waals surface area contributed by atoms with Crippen molar-refractivity contribution < 1.29 is 9.53 Å². The van der Waals surface area contributed by atoms with E-state index in [4.69, 9.17) is 0 Å². The summed E-state index contributed by atoms with van der Waals surface area (Å²) >= 11 is 0. The van der Waals surface area contributed by atoms with Gasteiger partial charge < -0.3 is 9.72 Å². The monoisotopic (exact) mass is 203 g/mol. The number of nitrogens with zero attached hydrogens (tertiary/aromatic N) is 2. The molecule has 0 aliphatic carbocycles. The van der Waals surface area contributed by atoms with E-state index in [-0.39, 0.29) is 5.82 Å². The lowest BCUT2D eigenvalue weighted by molar-refractivity contribution is 0.0588. The van der Waals surface area contributed by atoms with Crippen LogP contribution in [-0.2, 0) is 4.74 Å². The number of pyridine rings is 1. The van der Waals surface area contributed by atoms with E-state index in [1.54, 1.807) is 18.6 Å². The number of esters is 1. The van der Waals surface area contributed by atoms with E-state index < -0.39 is 5.97 Å². The Morgan fingerprint density at radius 3 is 3.00 bits per heavy atom. The van der Waals surface area contributed by atoms with E-state index in [9.17, 15) is 4.79 Å². The van der Waals surface area contributed by atoms with Gasteiger partial charge in [0.2, 0.25) is 5.82 Å². The Morgan fingerprint density at radius 2 is 2.33 bits per heavy atom. The SMILES string of the molecule is COC(=O)c1ncc(-c2cccnc2)[nH]1. The fourth-order valence-corrected chi connectivity index (χ4v) is 1.19. The largest absolute Gasteiger partial charge is 0.463 e. The average molecular weight is 203 g/mol. The van der Waals surface area contributed by atoms with Crippen LogP contribution < -0.4 is 0 Å². The number of hydrogen-bond acceptors (Lipinski definition) is 4. The maximum absolute atomic E-state index is 11.1. The van der Waals surface area contributed by atoms with Gasteiger partial charge in [0, 0.05) is 18.0 Å². The smallest absolute Gasteiger partial charge is 0.374 e. The van der Waals surface area contributed by atoms with Gasteiger partial charge in [-0.3, -0.25) is 4.98 Å². The predicted octanol–water partition coefficient (Wildman–Crippen LogP) is 1.26. The van der Waals surface area contributed by atoms with Crippen LogP contribution in [0.3, 0.4) is 0 Å². The minimum Gasteiger partial charge on any atom is -0.463 e. The van der Waals surface area contributed by atoms with E-state index in [1.165, 1.54) is 7.11 Å². The lowest BCUT2D eigenvalue weighted by Crippen LogP contribution is -2.03. The first-order chi connectivity index (χ1) is 7.31. The molecule has 2 rings (SSSR count). The van der Waals surface area contributed by atoms with Gasteiger partial charge in [-0.1, -0.05) is 0 Å². The maximum atomic E-state index is 11.1. The fourth-order valence-electron chi connectivity index (χ4n) is 1.19. The molecule has 0 atom stereocenters. The Bertz CT molecular complexity index is 465. The molecule has 76 valence electrons. The molecule has 0 aliphatic rings. The number of rotatable bonds is 2. The molecule has 0 aromatic carbocycles. The number of methoxy groups -OCH3 is 1. The van der Waals surface area contributed by atoms with Gasteiger partial charge in [-0.2, -0.15) is 0 Å². The number of carbonyl (C=O) groups is 1. The van der Waals surface area contributed by atoms with Gasteiger partial charge in [0.25, 0.3) is 0 Å². The zero-order chi connectivity index (χ0) is 10.7. The first kappa shape index (κ1) is 9.39. The Kier molecular flexibility index (Phi) is 2.45. The molecule has 2 aromatic rings. The summed E-state index contributed by atoms with van der Waals surface area (Å²) < 4.78 is 4.54. The quantitative estimate of drug-likeness (QED) is 0.746. The summed E-state index contributed by atoms with van der Waals surface area (Å²) in [6, 6.07) is 3.69. The van der Waals surface area contributed by atoms with Crippen molar-refractivity contribution in [1.82, 2.24) is 15.0 Å². The lowest BCUT2D eigenvalue weighted by Gasteiger charge is -1.95. The molecule has 1 N–H and O–H groups in total. The summed E-state index contributed by atoms with van der Waals surface area (Å²) in [6.07, 6.45) is 4.94. The number of imidazole rings is 1. The lowest BCUT2D eigenvalue weighted by atomic mass is 10.2. The number of aromatic nitrogens is 3. The summed E-state index contributed by atoms with van der Waals surface area (Å²) in [5.41, 5.74) is 1.61. The minimum atomic E-state index is -0.481. The molecule has 5 heteroatoms. The summed E-state index contributed by atoms with van der Waals surface area (Å²) in [6.45, 7) is 0. The van der Waals surface area contributed by atoms with Gasteiger partial charge in [-0.05, 0) is 12.1 Å². The zero-order valence-electron chi connectivity index (χ0n) is 8.10. The first-order valence-corrected chi connectivity index (χ1v) is 4.35. The maximum Gasteiger partial charge on any atom is 0.374 e. The fraction of sp³-hybridized carbons (Fsp3) is 0.100. The van der Waals surface area contributed by atoms with Crippen molar-refractivity contribution in [2.75, 3.05) is 7.11 Å². The van der Waals surface area contributed by atoms with Crippen molar-refractivity contribution in [1.29, 1.82) is 0 Å². The van der Waals surface area contributed by atoms with E-state index in [0.717, 1.165) is 11.3 Å². The predicted molar refractivity (Wildman–Crippen MR) is 53.2 cm³/mol. The zero-order valence-corrected chi connectivity index (χ0v) is 8.10. The highest BCUT2D eigenvalue weighted by Gasteiger charge is 2.10. The molecule has 0 fully saturated rings. The number of carbonyl (C=O) groups excluding carboxylic acids is 1. The number of hydrogen-bond donors (Lipinski definition) is 1. The van der Waals surface area contributed by atoms with Crippen LogP contribution in [-0.4, -0.2) is 28.0 Å². The third-order valence-electron chi connectivity index (χ3n) is 1.93. The van der Waals surface area contributed by atoms with Crippen molar-refractivity contribution in [2.45, 2.75) is 0 Å². The van der Waals surface area contributed by atoms with E-state index in [0.29, 0.717) is 0 Å². The number of H-pyrrole nitrogens is 1. The number of aromatic amines is 1. The van der Waals surface area contributed by atoms with Crippen LogP contribution in [0.25, 0.3) is 11.3 Å². The van der Waals surface area contributed by atoms with Crippen molar-refractivity contribution in [3.05, 3.63) is 36.5 Å². The van der Waals surface area contributed by atoms with Crippen molar-refractivity contribution in [2.24, 2.45) is 0 Å². The van der Waals surface area contributed by atoms with Gasteiger partial charge in [-0.25, -0.2) is 9.78 Å². The van der Waals surface area contributed by atoms with Gasteiger partial charge in [0.1, 0.15) is 0 Å². The summed E-state index contributed by atoms with van der Waals surface area (Å²) in [5.74, 6) is -0.290. The summed E-state index contributed by atoms with van der Waals surface area (Å²) in [7, 11) is 1.31. The van der Waals surface area contributed by atoms with Crippen molar-refractivity contribution in [3.63, 3.8) is 0 Å². The third kappa shape index (κ3) is 1.85. The second-order valence-corrected chi connectivity index (χ2v) is 2.88. The summed E-state index contributed by atoms with van der Waals surface area (Å²) in [4.78, 5) is 21.9. The Morgan fingerprint density at radius 1 is 1.47 bits per heavy atom. The molecule has 0 radical (unpaired) electrons. The van der Waals surface area contributed by atoms with E-state index >= 15 is 0 Å². The molecule has 2 aromatic heterocycles. The van der Waals surface area contributed by atoms with Crippen LogP contribution >= 0.6 is 0 Å². The van der Waals surface area contributed by atoms with Crippen LogP contribution in [0.2, 0.25) is 0 Å². The van der Waals surface area contributed by atoms with Crippen LogP contribution in [0.5, 0.6) is 0 Å². The minimum absolute atomic E-state index is 0.191. The van der Waals surface area contributed by atoms with Crippen molar-refractivity contribution >= 4 is 5.97 Å². The second kappa shape index (κ2) is 3.91. The highest BCUT2D eigenvalue weighted by Crippen LogP contribution is 2.14. The number of nitrogens with one attached hydrogen (secondary N) is 1. The Hall–Kier alpha value is -2.17. The van der Waals surface area contributed by atoms with Gasteiger partial charge in [0.15, 0.2) is 0 Å². The van der Waals surface area contributed by atoms with Crippen LogP contribution in [0.1, 0.15) is 10.6 Å². The molecule has 0 unspecified atom stereocenters. The van der Waals surface area contributed by atoms with Gasteiger partial charge in [0.05, 0.1) is 19.0 Å². The highest BCUT2D eigenvalue weighted by atomic mass is 16.5. The van der Waals surface area contributed by atoms with Crippen molar-refractivity contribution in [3.8, 4) is 11.3 Å². The highest BCUT2D eigenvalue weighted by molar-refractivity contribution is 5.86. The molecule has 0 saturated heterocycles. The number of ether oxygens (including phenoxy) is 1. The second-order valence-electron chi connectivity index (χ2n) is 2.88. The molecular formula is C10H9N3O2. The summed E-state index contributed by atoms with van der Waals surface area (Å²) in [5, 5.41) is 0. The first-order valence-electron chi connectivity index (χ1n) is 4.35. The van der Waals surface area contributed by atoms with Gasteiger partial charge >= 0.3 is 5.97 Å². The molecule has 0 aliphatic heterocycles. The molecule has 0 spiro atoms. The molecule has 15 heavy (non-hydrogen) atoms. The average Bonchev–Trinajstić information content (AvgIpc) is 2.78. The van der Waals surface area contributed by atoms with E-state index in [2.05, 4.69) is 19.7 Å². The molecule has 5 nitrogen and oxygen atoms in total. The standard InChI is InChI=1S/C10H9N3O2/c1-15-10(14)9-12-6-8(13-9)7-3-2-4-11-5-7/h2-6H,1H3,(H,12,13). The third-order valence-corrected chi connectivity index (χ3v) is 1.93.